The summed E-state index contributed by atoms with van der Waals surface area (Å²) in [6.07, 6.45) is 0. The Kier molecular flexibility index (Phi) is 3.10. The van der Waals surface area contributed by atoms with Crippen molar-refractivity contribution in [2.45, 2.75) is 0 Å². The Hall–Kier alpha value is -2.82. The topological polar surface area (TPSA) is 59.7 Å². The molecule has 3 rings (SSSR count). The Balaban J connectivity index is 2.28. The molecule has 0 spiro atoms. The molecule has 21 heavy (non-hydrogen) atoms. The summed E-state index contributed by atoms with van der Waals surface area (Å²) in [7, 11) is 1.35. The molecule has 2 aromatic carbocycles. The number of ether oxygens (including phenoxy) is 1. The third-order valence-electron chi connectivity index (χ3n) is 3.19. The Morgan fingerprint density at radius 2 is 1.95 bits per heavy atom. The van der Waals surface area contributed by atoms with Crippen molar-refractivity contribution >= 4 is 11.0 Å². The number of aromatic hydroxyl groups is 1. The molecule has 0 saturated carbocycles. The Morgan fingerprint density at radius 1 is 1.19 bits per heavy atom. The van der Waals surface area contributed by atoms with Gasteiger partial charge in [0.05, 0.1) is 12.5 Å². The highest BCUT2D eigenvalue weighted by Gasteiger charge is 2.16. The van der Waals surface area contributed by atoms with Gasteiger partial charge in [-0.15, -0.1) is 0 Å². The zero-order chi connectivity index (χ0) is 15.0. The van der Waals surface area contributed by atoms with Crippen LogP contribution >= 0.6 is 0 Å². The van der Waals surface area contributed by atoms with Crippen LogP contribution in [0.25, 0.3) is 22.3 Å². The lowest BCUT2D eigenvalue weighted by Gasteiger charge is -2.07. The molecule has 0 radical (unpaired) electrons. The van der Waals surface area contributed by atoms with E-state index in [9.17, 15) is 14.3 Å². The lowest BCUT2D eigenvalue weighted by Crippen LogP contribution is -2.02. The van der Waals surface area contributed by atoms with E-state index in [0.717, 1.165) is 6.07 Å². The number of methoxy groups -OCH3 is 1. The third kappa shape index (κ3) is 2.12. The smallest absolute Gasteiger partial charge is 0.235 e. The standard InChI is InChI=1S/C16H11FO4/c1-20-13-7-6-9(8-11(13)17)16-15(19)14(18)10-4-2-3-5-12(10)21-16/h2-8,19H,1H3. The molecular formula is C16H11FO4. The van der Waals surface area contributed by atoms with Crippen LogP contribution in [0.5, 0.6) is 11.5 Å². The number of rotatable bonds is 2. The van der Waals surface area contributed by atoms with Crippen molar-refractivity contribution in [2.75, 3.05) is 7.11 Å². The Labute approximate surface area is 119 Å². The van der Waals surface area contributed by atoms with Gasteiger partial charge in [-0.3, -0.25) is 4.79 Å². The largest absolute Gasteiger partial charge is 0.502 e. The first-order valence-corrected chi connectivity index (χ1v) is 6.20. The summed E-state index contributed by atoms with van der Waals surface area (Å²) < 4.78 is 24.1. The summed E-state index contributed by atoms with van der Waals surface area (Å²) in [6, 6.07) is 10.6. The van der Waals surface area contributed by atoms with Gasteiger partial charge in [0, 0.05) is 5.56 Å². The van der Waals surface area contributed by atoms with E-state index in [0.29, 0.717) is 5.58 Å². The van der Waals surface area contributed by atoms with Gasteiger partial charge in [0.1, 0.15) is 5.58 Å². The molecule has 0 fully saturated rings. The molecular weight excluding hydrogens is 275 g/mol. The van der Waals surface area contributed by atoms with E-state index in [2.05, 4.69) is 0 Å². The van der Waals surface area contributed by atoms with Crippen LogP contribution in [0.2, 0.25) is 0 Å². The zero-order valence-electron chi connectivity index (χ0n) is 11.1. The first-order chi connectivity index (χ1) is 10.1. The van der Waals surface area contributed by atoms with Gasteiger partial charge in [-0.25, -0.2) is 4.39 Å². The summed E-state index contributed by atoms with van der Waals surface area (Å²) in [5, 5.41) is 10.3. The number of halogens is 1. The minimum atomic E-state index is -0.606. The lowest BCUT2D eigenvalue weighted by molar-refractivity contribution is 0.386. The summed E-state index contributed by atoms with van der Waals surface area (Å²) in [6.45, 7) is 0. The van der Waals surface area contributed by atoms with Crippen LogP contribution in [0, 0.1) is 5.82 Å². The van der Waals surface area contributed by atoms with Crippen LogP contribution < -0.4 is 10.2 Å². The predicted molar refractivity (Wildman–Crippen MR) is 76.1 cm³/mol. The van der Waals surface area contributed by atoms with E-state index < -0.39 is 17.0 Å². The van der Waals surface area contributed by atoms with Crippen molar-refractivity contribution in [1.29, 1.82) is 0 Å². The van der Waals surface area contributed by atoms with Gasteiger partial charge < -0.3 is 14.3 Å². The van der Waals surface area contributed by atoms with Crippen LogP contribution in [0.3, 0.4) is 0 Å². The second-order valence-corrected chi connectivity index (χ2v) is 4.45. The van der Waals surface area contributed by atoms with E-state index in [1.54, 1.807) is 24.3 Å². The SMILES string of the molecule is COc1ccc(-c2oc3ccccc3c(=O)c2O)cc1F. The molecule has 0 aliphatic rings. The summed E-state index contributed by atoms with van der Waals surface area (Å²) in [5.74, 6) is -1.15. The molecule has 0 unspecified atom stereocenters. The highest BCUT2D eigenvalue weighted by atomic mass is 19.1. The molecule has 0 amide bonds. The molecule has 0 atom stereocenters. The molecule has 1 N–H and O–H groups in total. The number of hydrogen-bond donors (Lipinski definition) is 1. The van der Waals surface area contributed by atoms with Gasteiger partial charge in [0.15, 0.2) is 17.3 Å². The highest BCUT2D eigenvalue weighted by molar-refractivity contribution is 5.81. The van der Waals surface area contributed by atoms with Gasteiger partial charge in [-0.1, -0.05) is 12.1 Å². The van der Waals surface area contributed by atoms with Gasteiger partial charge in [-0.05, 0) is 30.3 Å². The van der Waals surface area contributed by atoms with E-state index in [-0.39, 0.29) is 22.5 Å². The molecule has 4 nitrogen and oxygen atoms in total. The molecule has 5 heteroatoms. The maximum absolute atomic E-state index is 13.8. The van der Waals surface area contributed by atoms with Crippen molar-refractivity contribution in [1.82, 2.24) is 0 Å². The minimum Gasteiger partial charge on any atom is -0.502 e. The number of benzene rings is 2. The van der Waals surface area contributed by atoms with Crippen molar-refractivity contribution in [3.8, 4) is 22.8 Å². The number of hydrogen-bond acceptors (Lipinski definition) is 4. The number of fused-ring (bicyclic) bond motifs is 1. The predicted octanol–water partition coefficient (Wildman–Crippen LogP) is 3.31. The van der Waals surface area contributed by atoms with Gasteiger partial charge >= 0.3 is 0 Å². The first kappa shape index (κ1) is 13.2. The molecule has 0 aliphatic heterocycles. The fraction of sp³-hybridized carbons (Fsp3) is 0.0625. The first-order valence-electron chi connectivity index (χ1n) is 6.20. The van der Waals surface area contributed by atoms with Crippen LogP contribution in [0.15, 0.2) is 51.7 Å². The fourth-order valence-corrected chi connectivity index (χ4v) is 2.14. The Morgan fingerprint density at radius 3 is 2.67 bits per heavy atom. The highest BCUT2D eigenvalue weighted by Crippen LogP contribution is 2.32. The zero-order valence-corrected chi connectivity index (χ0v) is 11.1. The van der Waals surface area contributed by atoms with Crippen LogP contribution in [0.4, 0.5) is 4.39 Å². The van der Waals surface area contributed by atoms with Gasteiger partial charge in [0.2, 0.25) is 11.2 Å². The Bertz CT molecular complexity index is 883. The monoisotopic (exact) mass is 286 g/mol. The van der Waals surface area contributed by atoms with Crippen molar-refractivity contribution in [3.05, 3.63) is 58.5 Å². The molecule has 3 aromatic rings. The molecule has 106 valence electrons. The van der Waals surface area contributed by atoms with E-state index in [1.165, 1.54) is 19.2 Å². The second-order valence-electron chi connectivity index (χ2n) is 4.45. The van der Waals surface area contributed by atoms with Gasteiger partial charge in [-0.2, -0.15) is 0 Å². The average molecular weight is 286 g/mol. The average Bonchev–Trinajstić information content (AvgIpc) is 2.51. The quantitative estimate of drug-likeness (QED) is 0.785. The van der Waals surface area contributed by atoms with Crippen molar-refractivity contribution in [2.24, 2.45) is 0 Å². The lowest BCUT2D eigenvalue weighted by atomic mass is 10.1. The van der Waals surface area contributed by atoms with Gasteiger partial charge in [0.25, 0.3) is 0 Å². The van der Waals surface area contributed by atoms with E-state index >= 15 is 0 Å². The number of para-hydroxylation sites is 1. The molecule has 0 aliphatic carbocycles. The third-order valence-corrected chi connectivity index (χ3v) is 3.19. The van der Waals surface area contributed by atoms with Crippen LogP contribution in [-0.4, -0.2) is 12.2 Å². The van der Waals surface area contributed by atoms with Crippen molar-refractivity contribution < 1.29 is 18.7 Å². The summed E-state index contributed by atoms with van der Waals surface area (Å²) in [5.41, 5.74) is 0.0308. The summed E-state index contributed by atoms with van der Waals surface area (Å²) >= 11 is 0. The van der Waals surface area contributed by atoms with Crippen LogP contribution in [0.1, 0.15) is 0 Å². The fourth-order valence-electron chi connectivity index (χ4n) is 2.14. The van der Waals surface area contributed by atoms with Crippen LogP contribution in [-0.2, 0) is 0 Å². The normalized spacial score (nSPS) is 10.8. The maximum Gasteiger partial charge on any atom is 0.235 e. The van der Waals surface area contributed by atoms with E-state index in [1.807, 2.05) is 0 Å². The van der Waals surface area contributed by atoms with Crippen molar-refractivity contribution in [3.63, 3.8) is 0 Å². The molecule has 1 heterocycles. The minimum absolute atomic E-state index is 0.0692. The van der Waals surface area contributed by atoms with E-state index in [4.69, 9.17) is 9.15 Å². The molecule has 0 saturated heterocycles. The molecule has 0 bridgehead atoms. The molecule has 1 aromatic heterocycles. The second kappa shape index (κ2) is 4.94. The maximum atomic E-state index is 13.8. The summed E-state index contributed by atoms with van der Waals surface area (Å²) in [4.78, 5) is 12.1.